The summed E-state index contributed by atoms with van der Waals surface area (Å²) in [6.45, 7) is 8.23. The number of carbonyl (C=O) groups is 2. The first-order valence-electron chi connectivity index (χ1n) is 9.18. The molecule has 0 spiro atoms. The van der Waals surface area contributed by atoms with Crippen LogP contribution in [0.25, 0.3) is 0 Å². The van der Waals surface area contributed by atoms with E-state index in [0.717, 1.165) is 32.7 Å². The fraction of sp³-hybridized carbons (Fsp3) is 0.882. The fourth-order valence-corrected chi connectivity index (χ4v) is 4.08. The molecule has 3 rings (SSSR count). The van der Waals surface area contributed by atoms with Crippen LogP contribution in [-0.2, 0) is 9.53 Å². The van der Waals surface area contributed by atoms with Crippen LogP contribution in [0.4, 0.5) is 4.79 Å². The van der Waals surface area contributed by atoms with E-state index in [-0.39, 0.29) is 11.9 Å². The van der Waals surface area contributed by atoms with Gasteiger partial charge in [-0.1, -0.05) is 12.8 Å². The molecule has 1 saturated carbocycles. The molecule has 1 aliphatic carbocycles. The Morgan fingerprint density at radius 2 is 1.92 bits per heavy atom. The highest BCUT2D eigenvalue weighted by atomic mass is 16.5. The van der Waals surface area contributed by atoms with E-state index in [4.69, 9.17) is 4.74 Å². The zero-order valence-electron chi connectivity index (χ0n) is 14.8. The monoisotopic (exact) mass is 338 g/mol. The summed E-state index contributed by atoms with van der Waals surface area (Å²) in [6, 6.07) is 0.702. The van der Waals surface area contributed by atoms with Crippen molar-refractivity contribution in [2.24, 2.45) is 0 Å². The molecule has 0 aromatic carbocycles. The lowest BCUT2D eigenvalue weighted by Crippen LogP contribution is -2.55. The van der Waals surface area contributed by atoms with Crippen molar-refractivity contribution in [2.75, 3.05) is 39.4 Å². The first-order chi connectivity index (χ1) is 11.5. The first kappa shape index (κ1) is 17.6. The maximum Gasteiger partial charge on any atom is 0.325 e. The van der Waals surface area contributed by atoms with E-state index in [0.29, 0.717) is 25.2 Å². The number of urea groups is 1. The number of rotatable bonds is 5. The minimum Gasteiger partial charge on any atom is -0.379 e. The van der Waals surface area contributed by atoms with Crippen LogP contribution in [0, 0.1) is 0 Å². The van der Waals surface area contributed by atoms with Gasteiger partial charge < -0.3 is 15.4 Å². The molecule has 7 nitrogen and oxygen atoms in total. The van der Waals surface area contributed by atoms with Crippen LogP contribution in [0.3, 0.4) is 0 Å². The maximum absolute atomic E-state index is 12.2. The number of imide groups is 1. The average Bonchev–Trinajstić information content (AvgIpc) is 2.77. The molecule has 0 aromatic rings. The molecule has 0 radical (unpaired) electrons. The van der Waals surface area contributed by atoms with Gasteiger partial charge in [-0.05, 0) is 26.7 Å². The summed E-state index contributed by atoms with van der Waals surface area (Å²) in [4.78, 5) is 28.0. The first-order valence-corrected chi connectivity index (χ1v) is 9.18. The van der Waals surface area contributed by atoms with E-state index >= 15 is 0 Å². The third-order valence-corrected chi connectivity index (χ3v) is 5.43. The minimum atomic E-state index is -0.780. The van der Waals surface area contributed by atoms with Gasteiger partial charge in [0, 0.05) is 38.3 Å². The Kier molecular flexibility index (Phi) is 5.42. The third kappa shape index (κ3) is 3.73. The highest BCUT2D eigenvalue weighted by Crippen LogP contribution is 2.24. The van der Waals surface area contributed by atoms with Gasteiger partial charge in [0.05, 0.1) is 13.2 Å². The van der Waals surface area contributed by atoms with Crippen molar-refractivity contribution in [3.05, 3.63) is 0 Å². The topological polar surface area (TPSA) is 73.9 Å². The summed E-state index contributed by atoms with van der Waals surface area (Å²) in [5.41, 5.74) is -0.780. The number of amides is 3. The molecule has 2 aliphatic heterocycles. The Bertz CT molecular complexity index is 476. The molecular weight excluding hydrogens is 308 g/mol. The van der Waals surface area contributed by atoms with Gasteiger partial charge in [-0.15, -0.1) is 0 Å². The predicted octanol–water partition coefficient (Wildman–Crippen LogP) is 0.550. The molecule has 136 valence electrons. The Labute approximate surface area is 144 Å². The van der Waals surface area contributed by atoms with Crippen LogP contribution in [0.1, 0.15) is 39.5 Å². The molecule has 2 N–H and O–H groups in total. The number of carbonyl (C=O) groups excluding carboxylic acids is 2. The van der Waals surface area contributed by atoms with E-state index in [1.54, 1.807) is 13.8 Å². The van der Waals surface area contributed by atoms with Crippen molar-refractivity contribution in [1.82, 2.24) is 20.4 Å². The Morgan fingerprint density at radius 1 is 1.21 bits per heavy atom. The van der Waals surface area contributed by atoms with Gasteiger partial charge in [-0.25, -0.2) is 4.79 Å². The largest absolute Gasteiger partial charge is 0.379 e. The molecule has 0 bridgehead atoms. The molecule has 0 unspecified atom stereocenters. The molecule has 3 aliphatic rings. The maximum atomic E-state index is 12.2. The van der Waals surface area contributed by atoms with Crippen LogP contribution < -0.4 is 10.6 Å². The summed E-state index contributed by atoms with van der Waals surface area (Å²) < 4.78 is 5.47. The van der Waals surface area contributed by atoms with Gasteiger partial charge in [-0.3, -0.25) is 14.6 Å². The van der Waals surface area contributed by atoms with Gasteiger partial charge in [0.15, 0.2) is 0 Å². The normalized spacial score (nSPS) is 31.3. The van der Waals surface area contributed by atoms with Gasteiger partial charge in [0.25, 0.3) is 5.91 Å². The average molecular weight is 338 g/mol. The summed E-state index contributed by atoms with van der Waals surface area (Å²) in [5.74, 6) is -0.136. The van der Waals surface area contributed by atoms with Crippen molar-refractivity contribution < 1.29 is 14.3 Å². The van der Waals surface area contributed by atoms with Crippen LogP contribution in [0.15, 0.2) is 0 Å². The predicted molar refractivity (Wildman–Crippen MR) is 90.8 cm³/mol. The minimum absolute atomic E-state index is 0.136. The number of hydrogen-bond acceptors (Lipinski definition) is 5. The fourth-order valence-electron chi connectivity index (χ4n) is 4.08. The Hall–Kier alpha value is -1.18. The zero-order valence-corrected chi connectivity index (χ0v) is 14.8. The third-order valence-electron chi connectivity index (χ3n) is 5.43. The van der Waals surface area contributed by atoms with Crippen LogP contribution in [0.5, 0.6) is 0 Å². The van der Waals surface area contributed by atoms with Gasteiger partial charge in [0.2, 0.25) is 0 Å². The summed E-state index contributed by atoms with van der Waals surface area (Å²) in [5, 5.41) is 6.34. The highest BCUT2D eigenvalue weighted by Gasteiger charge is 2.44. The second kappa shape index (κ2) is 7.37. The Balaban J connectivity index is 1.51. The smallest absolute Gasteiger partial charge is 0.325 e. The van der Waals surface area contributed by atoms with Crippen molar-refractivity contribution >= 4 is 11.9 Å². The molecule has 2 atom stereocenters. The molecule has 0 aromatic heterocycles. The van der Waals surface area contributed by atoms with Crippen LogP contribution in [-0.4, -0.2) is 78.8 Å². The van der Waals surface area contributed by atoms with E-state index in [1.165, 1.54) is 24.2 Å². The van der Waals surface area contributed by atoms with Crippen molar-refractivity contribution in [3.8, 4) is 0 Å². The number of morpholine rings is 1. The summed E-state index contributed by atoms with van der Waals surface area (Å²) in [6.07, 6.45) is 4.90. The molecule has 2 heterocycles. The second-order valence-corrected chi connectivity index (χ2v) is 7.57. The number of nitrogens with zero attached hydrogens (tertiary/aromatic N) is 2. The van der Waals surface area contributed by atoms with Crippen molar-refractivity contribution in [1.29, 1.82) is 0 Å². The van der Waals surface area contributed by atoms with Crippen LogP contribution >= 0.6 is 0 Å². The number of nitrogens with one attached hydrogen (secondary N) is 2. The molecule has 24 heavy (non-hydrogen) atoms. The lowest BCUT2D eigenvalue weighted by atomic mass is 9.89. The van der Waals surface area contributed by atoms with E-state index in [2.05, 4.69) is 15.5 Å². The van der Waals surface area contributed by atoms with Gasteiger partial charge in [0.1, 0.15) is 5.54 Å². The molecule has 3 amide bonds. The number of ether oxygens (including phenoxy) is 1. The van der Waals surface area contributed by atoms with E-state index in [1.807, 2.05) is 0 Å². The van der Waals surface area contributed by atoms with E-state index < -0.39 is 5.54 Å². The van der Waals surface area contributed by atoms with Crippen LogP contribution in [0.2, 0.25) is 0 Å². The summed E-state index contributed by atoms with van der Waals surface area (Å²) >= 11 is 0. The number of hydrogen-bond donors (Lipinski definition) is 2. The highest BCUT2D eigenvalue weighted by molar-refractivity contribution is 6.06. The SMILES string of the molecule is CC1(C)NC(=O)N(CCN[C@@H]2CCCC[C@@H]2N2CCOCC2)C1=O. The second-order valence-electron chi connectivity index (χ2n) is 7.57. The molecular formula is C17H30N4O3. The molecule has 3 fully saturated rings. The molecule has 2 saturated heterocycles. The lowest BCUT2D eigenvalue weighted by molar-refractivity contribution is -0.130. The quantitative estimate of drug-likeness (QED) is 0.716. The Morgan fingerprint density at radius 3 is 2.58 bits per heavy atom. The molecule has 7 heteroatoms. The van der Waals surface area contributed by atoms with Crippen molar-refractivity contribution in [3.63, 3.8) is 0 Å². The lowest BCUT2D eigenvalue weighted by Gasteiger charge is -2.42. The van der Waals surface area contributed by atoms with E-state index in [9.17, 15) is 9.59 Å². The zero-order chi connectivity index (χ0) is 17.2. The van der Waals surface area contributed by atoms with Gasteiger partial charge in [-0.2, -0.15) is 0 Å². The van der Waals surface area contributed by atoms with Gasteiger partial charge >= 0.3 is 6.03 Å². The standard InChI is InChI=1S/C17H30N4O3/c1-17(2)15(22)21(16(23)19-17)8-7-18-13-5-3-4-6-14(13)20-9-11-24-12-10-20/h13-14,18H,3-12H2,1-2H3,(H,19,23)/t13-,14+/m1/s1. The van der Waals surface area contributed by atoms with Crippen molar-refractivity contribution in [2.45, 2.75) is 57.2 Å². The summed E-state index contributed by atoms with van der Waals surface area (Å²) in [7, 11) is 0.